The molecule has 2 aromatic rings. The third-order valence-electron chi connectivity index (χ3n) is 2.37. The minimum Gasteiger partial charge on any atom is -0.320 e. The van der Waals surface area contributed by atoms with Crippen LogP contribution in [0, 0.1) is 0 Å². The van der Waals surface area contributed by atoms with Crippen LogP contribution in [0.15, 0.2) is 29.2 Å². The molecule has 3 nitrogen and oxygen atoms in total. The van der Waals surface area contributed by atoms with Crippen molar-refractivity contribution < 1.29 is 0 Å². The predicted molar refractivity (Wildman–Crippen MR) is 62.9 cm³/mol. The molecule has 2 aromatic heterocycles. The van der Waals surface area contributed by atoms with Crippen molar-refractivity contribution in [1.29, 1.82) is 0 Å². The summed E-state index contributed by atoms with van der Waals surface area (Å²) in [6.45, 7) is 3.09. The minimum atomic E-state index is -0.0399. The summed E-state index contributed by atoms with van der Waals surface area (Å²) in [6.07, 6.45) is 4.98. The second-order valence-corrected chi connectivity index (χ2v) is 4.35. The van der Waals surface area contributed by atoms with E-state index in [-0.39, 0.29) is 6.04 Å². The molecular formula is C11H15N3S. The molecule has 0 aromatic carbocycles. The van der Waals surface area contributed by atoms with E-state index < -0.39 is 0 Å². The van der Waals surface area contributed by atoms with E-state index in [9.17, 15) is 0 Å². The van der Waals surface area contributed by atoms with Crippen LogP contribution < -0.4 is 5.73 Å². The summed E-state index contributed by atoms with van der Waals surface area (Å²) < 4.78 is 1.95. The first kappa shape index (κ1) is 10.4. The van der Waals surface area contributed by atoms with Gasteiger partial charge in [0.1, 0.15) is 0 Å². The summed E-state index contributed by atoms with van der Waals surface area (Å²) in [6, 6.07) is 2.02. The molecule has 2 N–H and O–H groups in total. The highest BCUT2D eigenvalue weighted by Gasteiger charge is 2.10. The van der Waals surface area contributed by atoms with Gasteiger partial charge < -0.3 is 5.73 Å². The van der Waals surface area contributed by atoms with Gasteiger partial charge in [0.2, 0.25) is 0 Å². The Morgan fingerprint density at radius 3 is 3.07 bits per heavy atom. The highest BCUT2D eigenvalue weighted by Crippen LogP contribution is 2.20. The van der Waals surface area contributed by atoms with E-state index in [1.54, 1.807) is 11.3 Å². The average molecular weight is 221 g/mol. The summed E-state index contributed by atoms with van der Waals surface area (Å²) in [5.74, 6) is 0. The van der Waals surface area contributed by atoms with Crippen LogP contribution in [-0.4, -0.2) is 9.78 Å². The SMILES string of the molecule is CCCn1cc(C(N)c2ccsc2)cn1. The number of thiophene rings is 1. The van der Waals surface area contributed by atoms with Crippen LogP contribution in [0.3, 0.4) is 0 Å². The molecule has 0 bridgehead atoms. The van der Waals surface area contributed by atoms with Crippen LogP contribution in [-0.2, 0) is 6.54 Å². The maximum atomic E-state index is 6.12. The molecule has 1 atom stereocenters. The van der Waals surface area contributed by atoms with Crippen LogP contribution in [0.1, 0.15) is 30.5 Å². The zero-order chi connectivity index (χ0) is 10.7. The van der Waals surface area contributed by atoms with Crippen molar-refractivity contribution in [3.8, 4) is 0 Å². The van der Waals surface area contributed by atoms with Gasteiger partial charge >= 0.3 is 0 Å². The smallest absolute Gasteiger partial charge is 0.0591 e. The molecule has 2 heterocycles. The fourth-order valence-corrected chi connectivity index (χ4v) is 2.23. The molecule has 0 radical (unpaired) electrons. The lowest BCUT2D eigenvalue weighted by Gasteiger charge is -2.06. The monoisotopic (exact) mass is 221 g/mol. The number of nitrogens with zero attached hydrogens (tertiary/aromatic N) is 2. The molecule has 0 amide bonds. The number of aromatic nitrogens is 2. The highest BCUT2D eigenvalue weighted by molar-refractivity contribution is 7.07. The highest BCUT2D eigenvalue weighted by atomic mass is 32.1. The summed E-state index contributed by atoms with van der Waals surface area (Å²) in [5, 5.41) is 8.41. The van der Waals surface area contributed by atoms with Gasteiger partial charge in [-0.05, 0) is 28.8 Å². The molecule has 15 heavy (non-hydrogen) atoms. The van der Waals surface area contributed by atoms with Crippen molar-refractivity contribution in [3.63, 3.8) is 0 Å². The van der Waals surface area contributed by atoms with Gasteiger partial charge in [-0.2, -0.15) is 16.4 Å². The lowest BCUT2D eigenvalue weighted by molar-refractivity contribution is 0.602. The molecular weight excluding hydrogens is 206 g/mol. The van der Waals surface area contributed by atoms with Crippen molar-refractivity contribution in [1.82, 2.24) is 9.78 Å². The minimum absolute atomic E-state index is 0.0399. The average Bonchev–Trinajstić information content (AvgIpc) is 2.87. The van der Waals surface area contributed by atoms with Crippen molar-refractivity contribution in [2.24, 2.45) is 5.73 Å². The summed E-state index contributed by atoms with van der Waals surface area (Å²) in [5.41, 5.74) is 8.37. The number of aryl methyl sites for hydroxylation is 1. The third kappa shape index (κ3) is 2.27. The van der Waals surface area contributed by atoms with Gasteiger partial charge in [-0.1, -0.05) is 6.92 Å². The molecule has 0 saturated heterocycles. The Bertz CT molecular complexity index is 405. The first-order valence-corrected chi connectivity index (χ1v) is 6.05. The van der Waals surface area contributed by atoms with Gasteiger partial charge in [0.05, 0.1) is 12.2 Å². The van der Waals surface area contributed by atoms with E-state index in [1.165, 1.54) is 0 Å². The summed E-state index contributed by atoms with van der Waals surface area (Å²) in [4.78, 5) is 0. The molecule has 1 unspecified atom stereocenters. The first-order valence-electron chi connectivity index (χ1n) is 5.11. The second-order valence-electron chi connectivity index (χ2n) is 3.57. The van der Waals surface area contributed by atoms with Crippen molar-refractivity contribution in [3.05, 3.63) is 40.3 Å². The molecule has 0 aliphatic carbocycles. The number of hydrogen-bond acceptors (Lipinski definition) is 3. The lowest BCUT2D eigenvalue weighted by atomic mass is 10.1. The summed E-state index contributed by atoms with van der Waals surface area (Å²) in [7, 11) is 0. The maximum absolute atomic E-state index is 6.12. The van der Waals surface area contributed by atoms with E-state index in [0.717, 1.165) is 24.1 Å². The summed E-state index contributed by atoms with van der Waals surface area (Å²) >= 11 is 1.67. The fraction of sp³-hybridized carbons (Fsp3) is 0.364. The Hall–Kier alpha value is -1.13. The van der Waals surface area contributed by atoms with Crippen LogP contribution in [0.5, 0.6) is 0 Å². The maximum Gasteiger partial charge on any atom is 0.0591 e. The van der Waals surface area contributed by atoms with Gasteiger partial charge in [0.15, 0.2) is 0 Å². The Balaban J connectivity index is 2.15. The van der Waals surface area contributed by atoms with Crippen LogP contribution in [0.2, 0.25) is 0 Å². The fourth-order valence-electron chi connectivity index (χ4n) is 1.54. The molecule has 0 saturated carbocycles. The van der Waals surface area contributed by atoms with Crippen LogP contribution >= 0.6 is 11.3 Å². The largest absolute Gasteiger partial charge is 0.320 e. The Morgan fingerprint density at radius 2 is 2.40 bits per heavy atom. The molecule has 0 fully saturated rings. The third-order valence-corrected chi connectivity index (χ3v) is 3.07. The Kier molecular flexibility index (Phi) is 3.18. The van der Waals surface area contributed by atoms with E-state index in [4.69, 9.17) is 5.73 Å². The molecule has 0 aliphatic heterocycles. The van der Waals surface area contributed by atoms with E-state index in [1.807, 2.05) is 22.5 Å². The number of rotatable bonds is 4. The zero-order valence-electron chi connectivity index (χ0n) is 8.76. The molecule has 2 rings (SSSR count). The van der Waals surface area contributed by atoms with Gasteiger partial charge in [-0.3, -0.25) is 4.68 Å². The zero-order valence-corrected chi connectivity index (χ0v) is 9.57. The molecule has 4 heteroatoms. The van der Waals surface area contributed by atoms with Crippen molar-refractivity contribution >= 4 is 11.3 Å². The first-order chi connectivity index (χ1) is 7.31. The quantitative estimate of drug-likeness (QED) is 0.861. The van der Waals surface area contributed by atoms with Crippen molar-refractivity contribution in [2.75, 3.05) is 0 Å². The van der Waals surface area contributed by atoms with Gasteiger partial charge in [-0.15, -0.1) is 0 Å². The van der Waals surface area contributed by atoms with Gasteiger partial charge in [0, 0.05) is 18.3 Å². The van der Waals surface area contributed by atoms with E-state index in [2.05, 4.69) is 23.5 Å². The standard InChI is InChI=1S/C11H15N3S/c1-2-4-14-7-10(6-13-14)11(12)9-3-5-15-8-9/h3,5-8,11H,2,4,12H2,1H3. The Morgan fingerprint density at radius 1 is 1.53 bits per heavy atom. The molecule has 80 valence electrons. The normalized spacial score (nSPS) is 12.9. The van der Waals surface area contributed by atoms with Crippen LogP contribution in [0.25, 0.3) is 0 Å². The number of hydrogen-bond donors (Lipinski definition) is 1. The van der Waals surface area contributed by atoms with Gasteiger partial charge in [0.25, 0.3) is 0 Å². The predicted octanol–water partition coefficient (Wildman–Crippen LogP) is 2.40. The second kappa shape index (κ2) is 4.59. The van der Waals surface area contributed by atoms with E-state index in [0.29, 0.717) is 0 Å². The number of nitrogens with two attached hydrogens (primary N) is 1. The molecule has 0 aliphatic rings. The van der Waals surface area contributed by atoms with E-state index >= 15 is 0 Å². The van der Waals surface area contributed by atoms with Crippen molar-refractivity contribution in [2.45, 2.75) is 25.9 Å². The van der Waals surface area contributed by atoms with Crippen LogP contribution in [0.4, 0.5) is 0 Å². The molecule has 0 spiro atoms. The Labute approximate surface area is 93.5 Å². The van der Waals surface area contributed by atoms with Gasteiger partial charge in [-0.25, -0.2) is 0 Å². The topological polar surface area (TPSA) is 43.8 Å². The lowest BCUT2D eigenvalue weighted by Crippen LogP contribution is -2.09.